The second-order valence-corrected chi connectivity index (χ2v) is 5.17. The number of hydrogen-bond acceptors (Lipinski definition) is 2. The molecule has 5 heteroatoms. The molecule has 108 valence electrons. The van der Waals surface area contributed by atoms with Crippen LogP contribution >= 0.6 is 11.6 Å². The molecule has 2 aromatic heterocycles. The molecule has 0 spiro atoms. The lowest BCUT2D eigenvalue weighted by Crippen LogP contribution is -2.09. The molecule has 0 unspecified atom stereocenters. The summed E-state index contributed by atoms with van der Waals surface area (Å²) in [5, 5.41) is 4.25. The molecule has 2 heterocycles. The number of carbonyl (C=O) groups excluding carboxylic acids is 1. The monoisotopic (exact) mass is 309 g/mol. The van der Waals surface area contributed by atoms with Crippen molar-refractivity contribution in [3.8, 4) is 23.5 Å². The van der Waals surface area contributed by atoms with Gasteiger partial charge in [0.15, 0.2) is 0 Å². The Hall–Kier alpha value is -2.77. The first kappa shape index (κ1) is 14.2. The number of aromatic nitrogens is 2. The van der Waals surface area contributed by atoms with Crippen LogP contribution in [0.4, 0.5) is 5.69 Å². The number of terminal acetylenes is 1. The van der Waals surface area contributed by atoms with E-state index in [1.807, 2.05) is 30.3 Å². The molecule has 0 aliphatic heterocycles. The van der Waals surface area contributed by atoms with Crippen LogP contribution in [-0.4, -0.2) is 15.9 Å². The Kier molecular flexibility index (Phi) is 3.82. The molecular weight excluding hydrogens is 298 g/mol. The quantitative estimate of drug-likeness (QED) is 0.722. The number of halogens is 1. The number of aromatic amines is 1. The van der Waals surface area contributed by atoms with E-state index in [9.17, 15) is 4.79 Å². The highest BCUT2D eigenvalue weighted by Crippen LogP contribution is 2.28. The average molecular weight is 310 g/mol. The standard InChI is InChI=1S/C17H12ClN3O/c1-2-4-16(22)21-13-6-3-5-11(7-13)12-8-14-15(18)10-20-17(14)19-9-12/h1,3,5-10H,4H2,(H,19,20)(H,21,22). The van der Waals surface area contributed by atoms with Gasteiger partial charge >= 0.3 is 0 Å². The van der Waals surface area contributed by atoms with Crippen LogP contribution in [-0.2, 0) is 4.79 Å². The zero-order valence-electron chi connectivity index (χ0n) is 11.6. The van der Waals surface area contributed by atoms with Crippen molar-refractivity contribution in [1.82, 2.24) is 9.97 Å². The summed E-state index contributed by atoms with van der Waals surface area (Å²) in [4.78, 5) is 18.9. The van der Waals surface area contributed by atoms with Gasteiger partial charge in [0.2, 0.25) is 5.91 Å². The van der Waals surface area contributed by atoms with E-state index < -0.39 is 0 Å². The molecule has 0 saturated carbocycles. The molecule has 4 nitrogen and oxygen atoms in total. The number of hydrogen-bond donors (Lipinski definition) is 2. The normalized spacial score (nSPS) is 10.4. The maximum atomic E-state index is 11.6. The fourth-order valence-electron chi connectivity index (χ4n) is 2.20. The summed E-state index contributed by atoms with van der Waals surface area (Å²) in [6.45, 7) is 0. The summed E-state index contributed by atoms with van der Waals surface area (Å²) in [7, 11) is 0. The first-order chi connectivity index (χ1) is 10.7. The van der Waals surface area contributed by atoms with Gasteiger partial charge in [0.25, 0.3) is 0 Å². The van der Waals surface area contributed by atoms with Crippen LogP contribution in [0.2, 0.25) is 5.02 Å². The SMILES string of the molecule is C#CCC(=O)Nc1cccc(-c2cnc3[nH]cc(Cl)c3c2)c1. The molecule has 0 fully saturated rings. The third-order valence-corrected chi connectivity index (χ3v) is 3.54. The molecule has 2 N–H and O–H groups in total. The van der Waals surface area contributed by atoms with E-state index >= 15 is 0 Å². The van der Waals surface area contributed by atoms with Crippen LogP contribution in [0.3, 0.4) is 0 Å². The van der Waals surface area contributed by atoms with Crippen molar-refractivity contribution in [2.24, 2.45) is 0 Å². The Morgan fingerprint density at radius 2 is 2.23 bits per heavy atom. The summed E-state index contributed by atoms with van der Waals surface area (Å²) in [6.07, 6.45) is 8.65. The maximum absolute atomic E-state index is 11.6. The fraction of sp³-hybridized carbons (Fsp3) is 0.0588. The Bertz CT molecular complexity index is 892. The van der Waals surface area contributed by atoms with Gasteiger partial charge in [0.05, 0.1) is 11.4 Å². The third-order valence-electron chi connectivity index (χ3n) is 3.22. The summed E-state index contributed by atoms with van der Waals surface area (Å²) in [5.74, 6) is 2.11. The highest BCUT2D eigenvalue weighted by Gasteiger charge is 2.07. The van der Waals surface area contributed by atoms with Crippen molar-refractivity contribution < 1.29 is 4.79 Å². The van der Waals surface area contributed by atoms with Gasteiger partial charge in [0, 0.05) is 29.0 Å². The zero-order valence-corrected chi connectivity index (χ0v) is 12.3. The number of pyridine rings is 1. The predicted molar refractivity (Wildman–Crippen MR) is 88.6 cm³/mol. The van der Waals surface area contributed by atoms with Gasteiger partial charge in [-0.15, -0.1) is 6.42 Å². The minimum absolute atomic E-state index is 0.0523. The largest absolute Gasteiger partial charge is 0.345 e. The lowest BCUT2D eigenvalue weighted by Gasteiger charge is -2.07. The fourth-order valence-corrected chi connectivity index (χ4v) is 2.40. The van der Waals surface area contributed by atoms with Crippen LogP contribution in [0.1, 0.15) is 6.42 Å². The molecule has 3 aromatic rings. The van der Waals surface area contributed by atoms with E-state index in [-0.39, 0.29) is 12.3 Å². The number of fused-ring (bicyclic) bond motifs is 1. The van der Waals surface area contributed by atoms with E-state index in [1.54, 1.807) is 12.4 Å². The third kappa shape index (κ3) is 2.80. The number of rotatable bonds is 3. The van der Waals surface area contributed by atoms with Gasteiger partial charge in [-0.1, -0.05) is 29.7 Å². The summed E-state index contributed by atoms with van der Waals surface area (Å²) >= 11 is 6.12. The average Bonchev–Trinajstić information content (AvgIpc) is 2.89. The maximum Gasteiger partial charge on any atom is 0.236 e. The smallest absolute Gasteiger partial charge is 0.236 e. The van der Waals surface area contributed by atoms with Crippen LogP contribution in [0.15, 0.2) is 42.7 Å². The molecule has 0 aliphatic carbocycles. The van der Waals surface area contributed by atoms with Gasteiger partial charge in [-0.2, -0.15) is 0 Å². The minimum atomic E-state index is -0.207. The Morgan fingerprint density at radius 1 is 1.36 bits per heavy atom. The molecule has 0 atom stereocenters. The topological polar surface area (TPSA) is 57.8 Å². The zero-order chi connectivity index (χ0) is 15.5. The summed E-state index contributed by atoms with van der Waals surface area (Å²) in [6, 6.07) is 9.46. The number of amides is 1. The first-order valence-corrected chi connectivity index (χ1v) is 7.01. The van der Waals surface area contributed by atoms with Gasteiger partial charge in [0.1, 0.15) is 5.65 Å². The lowest BCUT2D eigenvalue weighted by atomic mass is 10.1. The van der Waals surface area contributed by atoms with E-state index in [0.717, 1.165) is 22.2 Å². The number of carbonyl (C=O) groups is 1. The molecule has 22 heavy (non-hydrogen) atoms. The molecular formula is C17H12ClN3O. The Morgan fingerprint density at radius 3 is 3.05 bits per heavy atom. The highest BCUT2D eigenvalue weighted by molar-refractivity contribution is 6.35. The first-order valence-electron chi connectivity index (χ1n) is 6.64. The second-order valence-electron chi connectivity index (χ2n) is 4.77. The van der Waals surface area contributed by atoms with Crippen LogP contribution < -0.4 is 5.32 Å². The minimum Gasteiger partial charge on any atom is -0.345 e. The van der Waals surface area contributed by atoms with Crippen molar-refractivity contribution in [3.05, 3.63) is 47.7 Å². The number of benzene rings is 1. The number of H-pyrrole nitrogens is 1. The molecule has 0 bridgehead atoms. The van der Waals surface area contributed by atoms with Crippen LogP contribution in [0, 0.1) is 12.3 Å². The van der Waals surface area contributed by atoms with E-state index in [2.05, 4.69) is 21.2 Å². The van der Waals surface area contributed by atoms with Crippen LogP contribution in [0.5, 0.6) is 0 Å². The van der Waals surface area contributed by atoms with Crippen molar-refractivity contribution in [1.29, 1.82) is 0 Å². The number of anilines is 1. The molecule has 0 saturated heterocycles. The van der Waals surface area contributed by atoms with Crippen molar-refractivity contribution in [3.63, 3.8) is 0 Å². The summed E-state index contributed by atoms with van der Waals surface area (Å²) in [5.41, 5.74) is 3.29. The van der Waals surface area contributed by atoms with Crippen molar-refractivity contribution in [2.45, 2.75) is 6.42 Å². The van der Waals surface area contributed by atoms with E-state index in [4.69, 9.17) is 18.0 Å². The van der Waals surface area contributed by atoms with Crippen molar-refractivity contribution in [2.75, 3.05) is 5.32 Å². The van der Waals surface area contributed by atoms with Crippen molar-refractivity contribution >= 4 is 34.2 Å². The van der Waals surface area contributed by atoms with Gasteiger partial charge < -0.3 is 10.3 Å². The van der Waals surface area contributed by atoms with Gasteiger partial charge in [-0.05, 0) is 23.8 Å². The number of nitrogens with zero attached hydrogens (tertiary/aromatic N) is 1. The molecule has 3 rings (SSSR count). The predicted octanol–water partition coefficient (Wildman–Crippen LogP) is 3.85. The Labute approximate surface area is 132 Å². The molecule has 1 amide bonds. The Balaban J connectivity index is 1.95. The van der Waals surface area contributed by atoms with E-state index in [0.29, 0.717) is 10.7 Å². The highest BCUT2D eigenvalue weighted by atomic mass is 35.5. The molecule has 1 aromatic carbocycles. The number of nitrogens with one attached hydrogen (secondary N) is 2. The van der Waals surface area contributed by atoms with Crippen LogP contribution in [0.25, 0.3) is 22.2 Å². The van der Waals surface area contributed by atoms with E-state index in [1.165, 1.54) is 0 Å². The second kappa shape index (κ2) is 5.92. The summed E-state index contributed by atoms with van der Waals surface area (Å²) < 4.78 is 0. The lowest BCUT2D eigenvalue weighted by molar-refractivity contribution is -0.115. The van der Waals surface area contributed by atoms with Gasteiger partial charge in [-0.3, -0.25) is 4.79 Å². The molecule has 0 aliphatic rings. The van der Waals surface area contributed by atoms with Gasteiger partial charge in [-0.25, -0.2) is 4.98 Å². The molecule has 0 radical (unpaired) electrons.